The van der Waals surface area contributed by atoms with Gasteiger partial charge in [0.2, 0.25) is 5.89 Å². The molecule has 2 heterocycles. The lowest BCUT2D eigenvalue weighted by atomic mass is 10.2. The molecule has 0 bridgehead atoms. The molecule has 3 rings (SSSR count). The molecule has 0 atom stereocenters. The average Bonchev–Trinajstić information content (AvgIpc) is 3.19. The SMILES string of the molecule is CCc1ccc(CN(C)Cc2nc(CC3CC3)no2)nc1. The normalized spacial score (nSPS) is 14.8. The molecule has 0 amide bonds. The minimum Gasteiger partial charge on any atom is -0.338 e. The molecule has 1 fully saturated rings. The van der Waals surface area contributed by atoms with E-state index in [4.69, 9.17) is 4.52 Å². The van der Waals surface area contributed by atoms with Crippen LogP contribution in [0.2, 0.25) is 0 Å². The van der Waals surface area contributed by atoms with E-state index in [1.165, 1.54) is 18.4 Å². The van der Waals surface area contributed by atoms with Gasteiger partial charge < -0.3 is 4.52 Å². The van der Waals surface area contributed by atoms with Gasteiger partial charge in [-0.1, -0.05) is 18.1 Å². The number of pyridine rings is 1. The first-order chi connectivity index (χ1) is 10.2. The van der Waals surface area contributed by atoms with Crippen molar-refractivity contribution >= 4 is 0 Å². The molecule has 1 aliphatic carbocycles. The number of hydrogen-bond donors (Lipinski definition) is 0. The first kappa shape index (κ1) is 14.2. The summed E-state index contributed by atoms with van der Waals surface area (Å²) in [6.45, 7) is 3.58. The lowest BCUT2D eigenvalue weighted by molar-refractivity contribution is 0.258. The van der Waals surface area contributed by atoms with Gasteiger partial charge in [0.25, 0.3) is 0 Å². The van der Waals surface area contributed by atoms with Crippen LogP contribution in [-0.4, -0.2) is 27.1 Å². The predicted octanol–water partition coefficient (Wildman–Crippen LogP) is 2.61. The molecular formula is C16H22N4O. The highest BCUT2D eigenvalue weighted by Gasteiger charge is 2.24. The van der Waals surface area contributed by atoms with Crippen molar-refractivity contribution in [2.24, 2.45) is 5.92 Å². The molecule has 0 aliphatic heterocycles. The average molecular weight is 286 g/mol. The maximum atomic E-state index is 5.31. The summed E-state index contributed by atoms with van der Waals surface area (Å²) in [6, 6.07) is 4.22. The van der Waals surface area contributed by atoms with Crippen LogP contribution in [0.15, 0.2) is 22.9 Å². The zero-order valence-electron chi connectivity index (χ0n) is 12.7. The third kappa shape index (κ3) is 4.11. The van der Waals surface area contributed by atoms with Gasteiger partial charge in [-0.3, -0.25) is 9.88 Å². The van der Waals surface area contributed by atoms with Crippen molar-refractivity contribution in [3.63, 3.8) is 0 Å². The zero-order chi connectivity index (χ0) is 14.7. The second-order valence-corrected chi connectivity index (χ2v) is 5.94. The van der Waals surface area contributed by atoms with Crippen LogP contribution >= 0.6 is 0 Å². The smallest absolute Gasteiger partial charge is 0.240 e. The van der Waals surface area contributed by atoms with E-state index in [0.717, 1.165) is 36.8 Å². The van der Waals surface area contributed by atoms with E-state index in [1.807, 2.05) is 13.2 Å². The van der Waals surface area contributed by atoms with Gasteiger partial charge in [0, 0.05) is 19.2 Å². The van der Waals surface area contributed by atoms with Crippen LogP contribution < -0.4 is 0 Å². The second-order valence-electron chi connectivity index (χ2n) is 5.94. The fourth-order valence-corrected chi connectivity index (χ4v) is 2.34. The van der Waals surface area contributed by atoms with Gasteiger partial charge in [-0.05, 0) is 43.9 Å². The fourth-order valence-electron chi connectivity index (χ4n) is 2.34. The van der Waals surface area contributed by atoms with Crippen LogP contribution in [0.3, 0.4) is 0 Å². The van der Waals surface area contributed by atoms with E-state index in [9.17, 15) is 0 Å². The summed E-state index contributed by atoms with van der Waals surface area (Å²) in [5.74, 6) is 2.33. The molecular weight excluding hydrogens is 264 g/mol. The van der Waals surface area contributed by atoms with Gasteiger partial charge >= 0.3 is 0 Å². The van der Waals surface area contributed by atoms with Gasteiger partial charge in [-0.25, -0.2) is 0 Å². The minimum absolute atomic E-state index is 0.662. The third-order valence-corrected chi connectivity index (χ3v) is 3.81. The fraction of sp³-hybridized carbons (Fsp3) is 0.562. The van der Waals surface area contributed by atoms with Gasteiger partial charge in [0.05, 0.1) is 12.2 Å². The number of hydrogen-bond acceptors (Lipinski definition) is 5. The lowest BCUT2D eigenvalue weighted by Gasteiger charge is -2.13. The Hall–Kier alpha value is -1.75. The van der Waals surface area contributed by atoms with Gasteiger partial charge in [0.15, 0.2) is 5.82 Å². The highest BCUT2D eigenvalue weighted by molar-refractivity contribution is 5.13. The molecule has 112 valence electrons. The van der Waals surface area contributed by atoms with Crippen LogP contribution in [-0.2, 0) is 25.9 Å². The summed E-state index contributed by atoms with van der Waals surface area (Å²) < 4.78 is 5.31. The monoisotopic (exact) mass is 286 g/mol. The van der Waals surface area contributed by atoms with E-state index in [-0.39, 0.29) is 0 Å². The molecule has 0 aromatic carbocycles. The number of aryl methyl sites for hydroxylation is 1. The Morgan fingerprint density at radius 3 is 2.81 bits per heavy atom. The Labute approximate surface area is 125 Å². The molecule has 5 nitrogen and oxygen atoms in total. The minimum atomic E-state index is 0.662. The molecule has 1 aliphatic rings. The highest BCUT2D eigenvalue weighted by atomic mass is 16.5. The van der Waals surface area contributed by atoms with Gasteiger partial charge in [0.1, 0.15) is 0 Å². The molecule has 1 saturated carbocycles. The topological polar surface area (TPSA) is 55.1 Å². The molecule has 2 aromatic rings. The first-order valence-electron chi connectivity index (χ1n) is 7.66. The van der Waals surface area contributed by atoms with Gasteiger partial charge in [-0.2, -0.15) is 4.98 Å². The lowest BCUT2D eigenvalue weighted by Crippen LogP contribution is -2.18. The first-order valence-corrected chi connectivity index (χ1v) is 7.66. The summed E-state index contributed by atoms with van der Waals surface area (Å²) in [5.41, 5.74) is 2.33. The maximum Gasteiger partial charge on any atom is 0.240 e. The van der Waals surface area contributed by atoms with Crippen LogP contribution in [0, 0.1) is 5.92 Å². The van der Waals surface area contributed by atoms with Crippen molar-refractivity contribution in [2.45, 2.75) is 45.7 Å². The van der Waals surface area contributed by atoms with Crippen molar-refractivity contribution in [1.29, 1.82) is 0 Å². The van der Waals surface area contributed by atoms with Crippen molar-refractivity contribution < 1.29 is 4.52 Å². The molecule has 0 saturated heterocycles. The quantitative estimate of drug-likeness (QED) is 0.783. The summed E-state index contributed by atoms with van der Waals surface area (Å²) >= 11 is 0. The number of rotatable bonds is 7. The Bertz CT molecular complexity index is 574. The summed E-state index contributed by atoms with van der Waals surface area (Å²) in [5, 5.41) is 4.05. The van der Waals surface area contributed by atoms with Gasteiger partial charge in [-0.15, -0.1) is 0 Å². The van der Waals surface area contributed by atoms with Crippen molar-refractivity contribution in [1.82, 2.24) is 20.0 Å². The Kier molecular flexibility index (Phi) is 4.29. The molecule has 0 radical (unpaired) electrons. The highest BCUT2D eigenvalue weighted by Crippen LogP contribution is 2.31. The van der Waals surface area contributed by atoms with E-state index in [0.29, 0.717) is 12.4 Å². The second kappa shape index (κ2) is 6.35. The van der Waals surface area contributed by atoms with E-state index in [1.54, 1.807) is 0 Å². The van der Waals surface area contributed by atoms with Crippen LogP contribution in [0.5, 0.6) is 0 Å². The molecule has 0 spiro atoms. The van der Waals surface area contributed by atoms with Crippen LogP contribution in [0.4, 0.5) is 0 Å². The van der Waals surface area contributed by atoms with Crippen molar-refractivity contribution in [3.05, 3.63) is 41.3 Å². The molecule has 2 aromatic heterocycles. The summed E-state index contributed by atoms with van der Waals surface area (Å²) in [4.78, 5) is 11.1. The Balaban J connectivity index is 1.52. The van der Waals surface area contributed by atoms with Crippen molar-refractivity contribution in [2.75, 3.05) is 7.05 Å². The van der Waals surface area contributed by atoms with Crippen LogP contribution in [0.1, 0.15) is 42.7 Å². The van der Waals surface area contributed by atoms with E-state index >= 15 is 0 Å². The largest absolute Gasteiger partial charge is 0.338 e. The van der Waals surface area contributed by atoms with E-state index < -0.39 is 0 Å². The predicted molar refractivity (Wildman–Crippen MR) is 79.5 cm³/mol. The summed E-state index contributed by atoms with van der Waals surface area (Å²) in [6.07, 6.45) is 6.55. The Morgan fingerprint density at radius 2 is 2.14 bits per heavy atom. The molecule has 0 unspecified atom stereocenters. The standard InChI is InChI=1S/C16H22N4O/c1-3-12-6-7-14(17-9-12)10-20(2)11-16-18-15(19-21-16)8-13-4-5-13/h6-7,9,13H,3-5,8,10-11H2,1-2H3. The van der Waals surface area contributed by atoms with E-state index in [2.05, 4.69) is 39.1 Å². The Morgan fingerprint density at radius 1 is 1.29 bits per heavy atom. The maximum absolute atomic E-state index is 5.31. The zero-order valence-corrected chi connectivity index (χ0v) is 12.7. The summed E-state index contributed by atoms with van der Waals surface area (Å²) in [7, 11) is 2.04. The van der Waals surface area contributed by atoms with Crippen LogP contribution in [0.25, 0.3) is 0 Å². The third-order valence-electron chi connectivity index (χ3n) is 3.81. The van der Waals surface area contributed by atoms with Crippen molar-refractivity contribution in [3.8, 4) is 0 Å². The number of aromatic nitrogens is 3. The molecule has 0 N–H and O–H groups in total. The molecule has 21 heavy (non-hydrogen) atoms. The number of nitrogens with zero attached hydrogens (tertiary/aromatic N) is 4. The molecule has 5 heteroatoms.